The summed E-state index contributed by atoms with van der Waals surface area (Å²) in [4.78, 5) is 0. The number of likely N-dealkylation sites (N-methyl/N-ethyl adjacent to an activating group) is 1. The Morgan fingerprint density at radius 3 is 2.20 bits per heavy atom. The molecule has 0 saturated carbocycles. The van der Waals surface area contributed by atoms with Gasteiger partial charge in [-0.25, -0.2) is 0 Å². The second kappa shape index (κ2) is 8.23. The molecule has 0 fully saturated rings. The van der Waals surface area contributed by atoms with Crippen LogP contribution in [0.3, 0.4) is 0 Å². The first-order valence-corrected chi connectivity index (χ1v) is 8.12. The normalized spacial score (nSPS) is 13.5. The van der Waals surface area contributed by atoms with Crippen LogP contribution in [-0.4, -0.2) is 18.8 Å². The zero-order chi connectivity index (χ0) is 15.2. The Labute approximate surface area is 132 Å². The van der Waals surface area contributed by atoms with Crippen LogP contribution in [0.4, 0.5) is 0 Å². The molecule has 0 aromatic heterocycles. The Kier molecular flexibility index (Phi) is 7.32. The van der Waals surface area contributed by atoms with Crippen LogP contribution >= 0.6 is 23.2 Å². The van der Waals surface area contributed by atoms with Crippen LogP contribution < -0.4 is 5.32 Å². The van der Waals surface area contributed by atoms with E-state index in [0.717, 1.165) is 24.9 Å². The molecular formula is C16H25Cl2NO. The molecule has 1 rings (SSSR count). The van der Waals surface area contributed by atoms with Gasteiger partial charge in [0.05, 0.1) is 21.7 Å². The summed E-state index contributed by atoms with van der Waals surface area (Å²) in [7, 11) is 0. The molecule has 20 heavy (non-hydrogen) atoms. The number of hydrogen-bond donors (Lipinski definition) is 1. The van der Waals surface area contributed by atoms with Gasteiger partial charge in [-0.05, 0) is 44.0 Å². The van der Waals surface area contributed by atoms with Crippen molar-refractivity contribution < 1.29 is 4.74 Å². The van der Waals surface area contributed by atoms with E-state index in [4.69, 9.17) is 27.9 Å². The SMILES string of the molecule is CCNC(c1ccc(Cl)c(Cl)c1)C(CC)(CC)OCC. The summed E-state index contributed by atoms with van der Waals surface area (Å²) < 4.78 is 6.13. The highest BCUT2D eigenvalue weighted by Crippen LogP contribution is 2.37. The van der Waals surface area contributed by atoms with E-state index >= 15 is 0 Å². The van der Waals surface area contributed by atoms with Crippen LogP contribution in [0, 0.1) is 0 Å². The minimum Gasteiger partial charge on any atom is -0.373 e. The first-order chi connectivity index (χ1) is 9.54. The Morgan fingerprint density at radius 1 is 1.10 bits per heavy atom. The van der Waals surface area contributed by atoms with Crippen molar-refractivity contribution in [1.29, 1.82) is 0 Å². The van der Waals surface area contributed by atoms with Gasteiger partial charge >= 0.3 is 0 Å². The molecule has 0 bridgehead atoms. The molecular weight excluding hydrogens is 293 g/mol. The maximum atomic E-state index is 6.17. The predicted octanol–water partition coefficient (Wildman–Crippen LogP) is 5.24. The van der Waals surface area contributed by atoms with Crippen LogP contribution in [0.2, 0.25) is 10.0 Å². The molecule has 0 aliphatic heterocycles. The van der Waals surface area contributed by atoms with Crippen molar-refractivity contribution in [3.63, 3.8) is 0 Å². The lowest BCUT2D eigenvalue weighted by molar-refractivity contribution is -0.0730. The zero-order valence-electron chi connectivity index (χ0n) is 12.8. The van der Waals surface area contributed by atoms with Gasteiger partial charge in [-0.3, -0.25) is 0 Å². The van der Waals surface area contributed by atoms with Crippen LogP contribution in [0.25, 0.3) is 0 Å². The molecule has 114 valence electrons. The molecule has 2 nitrogen and oxygen atoms in total. The molecule has 0 saturated heterocycles. The summed E-state index contributed by atoms with van der Waals surface area (Å²) in [6, 6.07) is 5.93. The standard InChI is InChI=1S/C16H25Cl2NO/c1-5-16(6-2,20-8-4)15(19-7-3)12-9-10-13(17)14(18)11-12/h9-11,15,19H,5-8H2,1-4H3. The molecule has 4 heteroatoms. The summed E-state index contributed by atoms with van der Waals surface area (Å²) in [6.45, 7) is 10.1. The smallest absolute Gasteiger partial charge is 0.0870 e. The van der Waals surface area contributed by atoms with E-state index in [1.807, 2.05) is 25.1 Å². The maximum Gasteiger partial charge on any atom is 0.0870 e. The fourth-order valence-corrected chi connectivity index (χ4v) is 3.04. The van der Waals surface area contributed by atoms with Crippen molar-refractivity contribution in [3.05, 3.63) is 33.8 Å². The fourth-order valence-electron chi connectivity index (χ4n) is 2.74. The van der Waals surface area contributed by atoms with E-state index in [2.05, 4.69) is 26.1 Å². The summed E-state index contributed by atoms with van der Waals surface area (Å²) in [5, 5.41) is 4.72. The number of ether oxygens (including phenoxy) is 1. The lowest BCUT2D eigenvalue weighted by Crippen LogP contribution is -2.45. The molecule has 0 aliphatic carbocycles. The zero-order valence-corrected chi connectivity index (χ0v) is 14.3. The van der Waals surface area contributed by atoms with E-state index in [0.29, 0.717) is 16.7 Å². The van der Waals surface area contributed by atoms with E-state index in [1.54, 1.807) is 0 Å². The molecule has 1 N–H and O–H groups in total. The number of nitrogens with one attached hydrogen (secondary N) is 1. The highest BCUT2D eigenvalue weighted by Gasteiger charge is 2.37. The Morgan fingerprint density at radius 2 is 1.75 bits per heavy atom. The summed E-state index contributed by atoms with van der Waals surface area (Å²) >= 11 is 12.2. The lowest BCUT2D eigenvalue weighted by Gasteiger charge is -2.40. The number of benzene rings is 1. The molecule has 1 atom stereocenters. The van der Waals surface area contributed by atoms with Gasteiger partial charge in [-0.1, -0.05) is 50.0 Å². The van der Waals surface area contributed by atoms with Crippen molar-refractivity contribution in [1.82, 2.24) is 5.32 Å². The average Bonchev–Trinajstić information content (AvgIpc) is 2.46. The van der Waals surface area contributed by atoms with E-state index in [-0.39, 0.29) is 11.6 Å². The minimum atomic E-state index is -0.220. The molecule has 0 spiro atoms. The first-order valence-electron chi connectivity index (χ1n) is 7.36. The van der Waals surface area contributed by atoms with Gasteiger partial charge in [0.2, 0.25) is 0 Å². The van der Waals surface area contributed by atoms with Gasteiger partial charge in [0.25, 0.3) is 0 Å². The Bertz CT molecular complexity index is 419. The summed E-state index contributed by atoms with van der Waals surface area (Å²) in [5.74, 6) is 0. The number of halogens is 2. The molecule has 1 aromatic carbocycles. The van der Waals surface area contributed by atoms with Gasteiger partial charge in [0.15, 0.2) is 0 Å². The Hall–Kier alpha value is -0.280. The summed E-state index contributed by atoms with van der Waals surface area (Å²) in [6.07, 6.45) is 1.88. The molecule has 0 amide bonds. The minimum absolute atomic E-state index is 0.109. The topological polar surface area (TPSA) is 21.3 Å². The second-order valence-corrected chi connectivity index (χ2v) is 5.68. The molecule has 0 heterocycles. The third kappa shape index (κ3) is 3.88. The highest BCUT2D eigenvalue weighted by molar-refractivity contribution is 6.42. The highest BCUT2D eigenvalue weighted by atomic mass is 35.5. The third-order valence-corrected chi connectivity index (χ3v) is 4.58. The molecule has 0 aliphatic rings. The van der Waals surface area contributed by atoms with Crippen LogP contribution in [0.15, 0.2) is 18.2 Å². The van der Waals surface area contributed by atoms with E-state index in [1.165, 1.54) is 0 Å². The van der Waals surface area contributed by atoms with E-state index < -0.39 is 0 Å². The van der Waals surface area contributed by atoms with Gasteiger partial charge < -0.3 is 10.1 Å². The van der Waals surface area contributed by atoms with Crippen molar-refractivity contribution in [2.24, 2.45) is 0 Å². The van der Waals surface area contributed by atoms with Crippen LogP contribution in [0.5, 0.6) is 0 Å². The van der Waals surface area contributed by atoms with Gasteiger partial charge in [-0.2, -0.15) is 0 Å². The number of hydrogen-bond acceptors (Lipinski definition) is 2. The first kappa shape index (κ1) is 17.8. The summed E-state index contributed by atoms with van der Waals surface area (Å²) in [5.41, 5.74) is 0.903. The van der Waals surface area contributed by atoms with Crippen molar-refractivity contribution >= 4 is 23.2 Å². The largest absolute Gasteiger partial charge is 0.373 e. The van der Waals surface area contributed by atoms with Crippen LogP contribution in [-0.2, 0) is 4.74 Å². The second-order valence-electron chi connectivity index (χ2n) is 4.87. The van der Waals surface area contributed by atoms with Gasteiger partial charge in [0.1, 0.15) is 0 Å². The van der Waals surface area contributed by atoms with Crippen molar-refractivity contribution in [2.45, 2.75) is 52.2 Å². The number of rotatable bonds is 8. The monoisotopic (exact) mass is 317 g/mol. The third-order valence-electron chi connectivity index (χ3n) is 3.84. The average molecular weight is 318 g/mol. The van der Waals surface area contributed by atoms with Crippen molar-refractivity contribution in [3.8, 4) is 0 Å². The fraction of sp³-hybridized carbons (Fsp3) is 0.625. The quantitative estimate of drug-likeness (QED) is 0.708. The van der Waals surface area contributed by atoms with Gasteiger partial charge in [0, 0.05) is 6.61 Å². The maximum absolute atomic E-state index is 6.17. The Balaban J connectivity index is 3.22. The lowest BCUT2D eigenvalue weighted by atomic mass is 9.83. The predicted molar refractivity (Wildman–Crippen MR) is 87.8 cm³/mol. The van der Waals surface area contributed by atoms with E-state index in [9.17, 15) is 0 Å². The van der Waals surface area contributed by atoms with Gasteiger partial charge in [-0.15, -0.1) is 0 Å². The molecule has 1 aromatic rings. The van der Waals surface area contributed by atoms with Crippen LogP contribution in [0.1, 0.15) is 52.1 Å². The molecule has 0 radical (unpaired) electrons. The van der Waals surface area contributed by atoms with Crippen molar-refractivity contribution in [2.75, 3.05) is 13.2 Å². The molecule has 1 unspecified atom stereocenters.